The number of hydrogen-bond donors (Lipinski definition) is 1. The Bertz CT molecular complexity index is 374. The van der Waals surface area contributed by atoms with Gasteiger partial charge in [-0.1, -0.05) is 32.0 Å². The fraction of sp³-hybridized carbons (Fsp3) is 0.500. The Hall–Kier alpha value is -1.35. The van der Waals surface area contributed by atoms with Gasteiger partial charge in [0.2, 0.25) is 0 Å². The molecule has 2 N–H and O–H groups in total. The number of benzene rings is 1. The maximum atomic E-state index is 11.9. The van der Waals surface area contributed by atoms with Gasteiger partial charge in [0, 0.05) is 12.0 Å². The molecule has 1 aromatic carbocycles. The second kappa shape index (κ2) is 6.40. The van der Waals surface area contributed by atoms with Gasteiger partial charge >= 0.3 is 0 Å². The lowest BCUT2D eigenvalue weighted by atomic mass is 9.97. The SMILES string of the molecule is COc1ccccc1CC(=O)C(N)CC(C)C. The molecular weight excluding hydrogens is 214 g/mol. The molecule has 0 aromatic heterocycles. The first-order valence-electron chi connectivity index (χ1n) is 5.94. The molecule has 0 saturated carbocycles. The highest BCUT2D eigenvalue weighted by atomic mass is 16.5. The second-order valence-electron chi connectivity index (χ2n) is 4.69. The monoisotopic (exact) mass is 235 g/mol. The fourth-order valence-corrected chi connectivity index (χ4v) is 1.81. The molecule has 0 radical (unpaired) electrons. The largest absolute Gasteiger partial charge is 0.496 e. The number of Topliss-reactive ketones (excluding diaryl/α,β-unsaturated/α-hetero) is 1. The molecule has 0 amide bonds. The molecule has 0 aliphatic rings. The van der Waals surface area contributed by atoms with Gasteiger partial charge in [-0.05, 0) is 18.4 Å². The van der Waals surface area contributed by atoms with Crippen molar-refractivity contribution in [3.05, 3.63) is 29.8 Å². The van der Waals surface area contributed by atoms with Crippen LogP contribution in [0.3, 0.4) is 0 Å². The minimum Gasteiger partial charge on any atom is -0.496 e. The Labute approximate surface area is 103 Å². The van der Waals surface area contributed by atoms with Crippen LogP contribution in [0.2, 0.25) is 0 Å². The van der Waals surface area contributed by atoms with Gasteiger partial charge in [-0.2, -0.15) is 0 Å². The molecule has 0 spiro atoms. The second-order valence-corrected chi connectivity index (χ2v) is 4.69. The first kappa shape index (κ1) is 13.7. The average Bonchev–Trinajstić information content (AvgIpc) is 2.28. The number of carbonyl (C=O) groups excluding carboxylic acids is 1. The van der Waals surface area contributed by atoms with Crippen molar-refractivity contribution in [3.63, 3.8) is 0 Å². The highest BCUT2D eigenvalue weighted by Crippen LogP contribution is 2.18. The Balaban J connectivity index is 2.67. The van der Waals surface area contributed by atoms with E-state index >= 15 is 0 Å². The summed E-state index contributed by atoms with van der Waals surface area (Å²) < 4.78 is 5.21. The number of nitrogens with two attached hydrogens (primary N) is 1. The zero-order valence-electron chi connectivity index (χ0n) is 10.8. The van der Waals surface area contributed by atoms with Gasteiger partial charge in [0.1, 0.15) is 5.75 Å². The molecule has 1 atom stereocenters. The van der Waals surface area contributed by atoms with E-state index in [-0.39, 0.29) is 11.8 Å². The highest BCUT2D eigenvalue weighted by molar-refractivity contribution is 5.86. The van der Waals surface area contributed by atoms with E-state index in [4.69, 9.17) is 10.5 Å². The van der Waals surface area contributed by atoms with Crippen LogP contribution in [0.5, 0.6) is 5.75 Å². The molecule has 1 unspecified atom stereocenters. The summed E-state index contributed by atoms with van der Waals surface area (Å²) in [6.07, 6.45) is 1.08. The third-order valence-electron chi connectivity index (χ3n) is 2.70. The fourth-order valence-electron chi connectivity index (χ4n) is 1.81. The van der Waals surface area contributed by atoms with Crippen LogP contribution in [-0.2, 0) is 11.2 Å². The molecule has 1 rings (SSSR count). The molecule has 0 aliphatic heterocycles. The van der Waals surface area contributed by atoms with Crippen LogP contribution < -0.4 is 10.5 Å². The summed E-state index contributed by atoms with van der Waals surface area (Å²) >= 11 is 0. The lowest BCUT2D eigenvalue weighted by Gasteiger charge is -2.14. The summed E-state index contributed by atoms with van der Waals surface area (Å²) in [6, 6.07) is 7.18. The molecule has 0 bridgehead atoms. The van der Waals surface area contributed by atoms with Crippen LogP contribution in [0.15, 0.2) is 24.3 Å². The van der Waals surface area contributed by atoms with E-state index in [1.54, 1.807) is 7.11 Å². The molecular formula is C14H21NO2. The lowest BCUT2D eigenvalue weighted by molar-refractivity contribution is -0.120. The Morgan fingerprint density at radius 3 is 2.59 bits per heavy atom. The predicted molar refractivity (Wildman–Crippen MR) is 69.1 cm³/mol. The normalized spacial score (nSPS) is 12.5. The van der Waals surface area contributed by atoms with Crippen LogP contribution >= 0.6 is 0 Å². The lowest BCUT2D eigenvalue weighted by Crippen LogP contribution is -2.33. The number of carbonyl (C=O) groups is 1. The van der Waals surface area contributed by atoms with Gasteiger partial charge in [-0.3, -0.25) is 4.79 Å². The molecule has 3 heteroatoms. The summed E-state index contributed by atoms with van der Waals surface area (Å²) in [7, 11) is 1.61. The quantitative estimate of drug-likeness (QED) is 0.822. The Morgan fingerprint density at radius 2 is 2.00 bits per heavy atom. The molecule has 94 valence electrons. The van der Waals surface area contributed by atoms with Gasteiger partial charge in [-0.25, -0.2) is 0 Å². The van der Waals surface area contributed by atoms with Gasteiger partial charge < -0.3 is 10.5 Å². The van der Waals surface area contributed by atoms with Crippen LogP contribution in [0, 0.1) is 5.92 Å². The van der Waals surface area contributed by atoms with Crippen LogP contribution in [-0.4, -0.2) is 18.9 Å². The van der Waals surface area contributed by atoms with Crippen molar-refractivity contribution in [2.24, 2.45) is 11.7 Å². The topological polar surface area (TPSA) is 52.3 Å². The highest BCUT2D eigenvalue weighted by Gasteiger charge is 2.16. The predicted octanol–water partition coefficient (Wildman–Crippen LogP) is 2.18. The van der Waals surface area contributed by atoms with Crippen molar-refractivity contribution in [2.45, 2.75) is 32.7 Å². The van der Waals surface area contributed by atoms with Crippen molar-refractivity contribution in [1.29, 1.82) is 0 Å². The first-order valence-corrected chi connectivity index (χ1v) is 5.94. The third kappa shape index (κ3) is 4.19. The van der Waals surface area contributed by atoms with E-state index < -0.39 is 0 Å². The van der Waals surface area contributed by atoms with Gasteiger partial charge in [0.25, 0.3) is 0 Å². The summed E-state index contributed by atoms with van der Waals surface area (Å²) in [5.74, 6) is 1.26. The van der Waals surface area contributed by atoms with Crippen molar-refractivity contribution >= 4 is 5.78 Å². The molecule has 1 aromatic rings. The Morgan fingerprint density at radius 1 is 1.35 bits per heavy atom. The molecule has 0 saturated heterocycles. The number of para-hydroxylation sites is 1. The van der Waals surface area contributed by atoms with Crippen molar-refractivity contribution in [3.8, 4) is 5.75 Å². The van der Waals surface area contributed by atoms with E-state index in [1.165, 1.54) is 0 Å². The van der Waals surface area contributed by atoms with Gasteiger partial charge in [0.15, 0.2) is 5.78 Å². The number of hydrogen-bond acceptors (Lipinski definition) is 3. The zero-order chi connectivity index (χ0) is 12.8. The number of ketones is 1. The van der Waals surface area contributed by atoms with Crippen LogP contribution in [0.1, 0.15) is 25.8 Å². The summed E-state index contributed by atoms with van der Waals surface area (Å²) in [5, 5.41) is 0. The van der Waals surface area contributed by atoms with Crippen molar-refractivity contribution < 1.29 is 9.53 Å². The van der Waals surface area contributed by atoms with Crippen LogP contribution in [0.25, 0.3) is 0 Å². The maximum Gasteiger partial charge on any atom is 0.154 e. The molecule has 0 heterocycles. The smallest absolute Gasteiger partial charge is 0.154 e. The van der Waals surface area contributed by atoms with Crippen molar-refractivity contribution in [2.75, 3.05) is 7.11 Å². The van der Waals surface area contributed by atoms with E-state index in [0.717, 1.165) is 17.7 Å². The maximum absolute atomic E-state index is 11.9. The average molecular weight is 235 g/mol. The number of rotatable bonds is 6. The minimum absolute atomic E-state index is 0.0724. The van der Waals surface area contributed by atoms with E-state index in [2.05, 4.69) is 13.8 Å². The van der Waals surface area contributed by atoms with E-state index in [9.17, 15) is 4.79 Å². The van der Waals surface area contributed by atoms with Gasteiger partial charge in [-0.15, -0.1) is 0 Å². The van der Waals surface area contributed by atoms with Crippen molar-refractivity contribution in [1.82, 2.24) is 0 Å². The number of methoxy groups -OCH3 is 1. The molecule has 0 fully saturated rings. The molecule has 17 heavy (non-hydrogen) atoms. The van der Waals surface area contributed by atoms with Crippen LogP contribution in [0.4, 0.5) is 0 Å². The Kier molecular flexibility index (Phi) is 5.16. The summed E-state index contributed by atoms with van der Waals surface area (Å²) in [5.41, 5.74) is 6.77. The summed E-state index contributed by atoms with van der Waals surface area (Å²) in [6.45, 7) is 4.13. The zero-order valence-corrected chi connectivity index (χ0v) is 10.8. The van der Waals surface area contributed by atoms with E-state index in [1.807, 2.05) is 24.3 Å². The van der Waals surface area contributed by atoms with Gasteiger partial charge in [0.05, 0.1) is 13.2 Å². The summed E-state index contributed by atoms with van der Waals surface area (Å²) in [4.78, 5) is 11.9. The third-order valence-corrected chi connectivity index (χ3v) is 2.70. The molecule has 0 aliphatic carbocycles. The number of ether oxygens (including phenoxy) is 1. The minimum atomic E-state index is -0.375. The first-order chi connectivity index (χ1) is 8.04. The molecule has 3 nitrogen and oxygen atoms in total. The van der Waals surface area contributed by atoms with E-state index in [0.29, 0.717) is 12.3 Å². The standard InChI is InChI=1S/C14H21NO2/c1-10(2)8-12(15)13(16)9-11-6-4-5-7-14(11)17-3/h4-7,10,12H,8-9,15H2,1-3H3.